The van der Waals surface area contributed by atoms with Crippen LogP contribution in [-0.2, 0) is 10.8 Å². The van der Waals surface area contributed by atoms with Gasteiger partial charge in [0.1, 0.15) is 5.82 Å². The lowest BCUT2D eigenvalue weighted by Crippen LogP contribution is -2.39. The molecule has 1 saturated heterocycles. The van der Waals surface area contributed by atoms with Crippen molar-refractivity contribution in [1.29, 1.82) is 0 Å². The third kappa shape index (κ3) is 4.65. The normalized spacial score (nSPS) is 19.1. The second-order valence-electron chi connectivity index (χ2n) is 5.14. The van der Waals surface area contributed by atoms with Gasteiger partial charge in [-0.3, -0.25) is 4.21 Å². The summed E-state index contributed by atoms with van der Waals surface area (Å²) in [6, 6.07) is 7.00. The van der Waals surface area contributed by atoms with Gasteiger partial charge in [-0.1, -0.05) is 19.1 Å². The van der Waals surface area contributed by atoms with Crippen LogP contribution in [0.25, 0.3) is 0 Å². The van der Waals surface area contributed by atoms with Gasteiger partial charge in [0.05, 0.1) is 0 Å². The number of hydrogen-bond acceptors (Lipinski definition) is 3. The molecule has 0 aromatic heterocycles. The lowest BCUT2D eigenvalue weighted by molar-refractivity contribution is 0.279. The number of benzene rings is 1. The molecule has 0 saturated carbocycles. The Kier molecular flexibility index (Phi) is 6.13. The monoisotopic (exact) mass is 298 g/mol. The molecule has 1 aromatic rings. The molecule has 1 heterocycles. The van der Waals surface area contributed by atoms with Crippen LogP contribution in [-0.4, -0.2) is 46.8 Å². The topological polar surface area (TPSA) is 32.3 Å². The predicted molar refractivity (Wildman–Crippen MR) is 81.8 cm³/mol. The molecule has 2 rings (SSSR count). The van der Waals surface area contributed by atoms with Crippen molar-refractivity contribution in [2.75, 3.05) is 37.7 Å². The van der Waals surface area contributed by atoms with Crippen LogP contribution in [0.2, 0.25) is 0 Å². The lowest BCUT2D eigenvalue weighted by Gasteiger charge is -2.28. The fourth-order valence-electron chi connectivity index (χ4n) is 2.54. The highest BCUT2D eigenvalue weighted by Crippen LogP contribution is 2.18. The Bertz CT molecular complexity index is 428. The summed E-state index contributed by atoms with van der Waals surface area (Å²) in [5.74, 6) is 1.40. The van der Waals surface area contributed by atoms with Crippen LogP contribution < -0.4 is 5.32 Å². The fraction of sp³-hybridized carbons (Fsp3) is 0.600. The van der Waals surface area contributed by atoms with E-state index in [0.29, 0.717) is 0 Å². The molecule has 0 amide bonds. The zero-order valence-electron chi connectivity index (χ0n) is 12.0. The summed E-state index contributed by atoms with van der Waals surface area (Å²) >= 11 is 0. The largest absolute Gasteiger partial charge is 0.310 e. The SMILES string of the molecule is CCNC(CCN1CCS(=O)CC1)c1ccc(F)cc1. The highest BCUT2D eigenvalue weighted by atomic mass is 32.2. The maximum absolute atomic E-state index is 13.0. The molecule has 0 aliphatic carbocycles. The Morgan fingerprint density at radius 2 is 1.95 bits per heavy atom. The second-order valence-corrected chi connectivity index (χ2v) is 6.84. The van der Waals surface area contributed by atoms with Gasteiger partial charge < -0.3 is 10.2 Å². The van der Waals surface area contributed by atoms with E-state index in [2.05, 4.69) is 17.1 Å². The molecule has 112 valence electrons. The van der Waals surface area contributed by atoms with Gasteiger partial charge >= 0.3 is 0 Å². The molecular weight excluding hydrogens is 275 g/mol. The quantitative estimate of drug-likeness (QED) is 0.871. The Morgan fingerprint density at radius 3 is 2.55 bits per heavy atom. The van der Waals surface area contributed by atoms with Gasteiger partial charge in [0.15, 0.2) is 0 Å². The van der Waals surface area contributed by atoms with E-state index < -0.39 is 10.8 Å². The van der Waals surface area contributed by atoms with Crippen LogP contribution in [0.15, 0.2) is 24.3 Å². The van der Waals surface area contributed by atoms with E-state index in [1.165, 1.54) is 12.1 Å². The summed E-state index contributed by atoms with van der Waals surface area (Å²) < 4.78 is 24.3. The molecule has 1 atom stereocenters. The first-order valence-electron chi connectivity index (χ1n) is 7.25. The van der Waals surface area contributed by atoms with Crippen LogP contribution in [0.3, 0.4) is 0 Å². The molecule has 0 spiro atoms. The number of halogens is 1. The van der Waals surface area contributed by atoms with E-state index in [4.69, 9.17) is 0 Å². The van der Waals surface area contributed by atoms with Crippen molar-refractivity contribution in [1.82, 2.24) is 10.2 Å². The molecule has 1 N–H and O–H groups in total. The Hall–Kier alpha value is -0.780. The van der Waals surface area contributed by atoms with Gasteiger partial charge in [-0.25, -0.2) is 4.39 Å². The molecule has 1 aliphatic heterocycles. The fourth-order valence-corrected chi connectivity index (χ4v) is 3.67. The summed E-state index contributed by atoms with van der Waals surface area (Å²) in [6.07, 6.45) is 0.992. The molecule has 1 fully saturated rings. The highest BCUT2D eigenvalue weighted by Gasteiger charge is 2.17. The van der Waals surface area contributed by atoms with E-state index >= 15 is 0 Å². The molecule has 0 radical (unpaired) electrons. The smallest absolute Gasteiger partial charge is 0.123 e. The van der Waals surface area contributed by atoms with Gasteiger partial charge in [-0.05, 0) is 30.7 Å². The average molecular weight is 298 g/mol. The summed E-state index contributed by atoms with van der Waals surface area (Å²) in [5.41, 5.74) is 1.13. The van der Waals surface area contributed by atoms with E-state index in [9.17, 15) is 8.60 Å². The maximum atomic E-state index is 13.0. The zero-order valence-corrected chi connectivity index (χ0v) is 12.8. The standard InChI is InChI=1S/C15H23FN2OS/c1-2-17-15(13-3-5-14(16)6-4-13)7-8-18-9-11-20(19)12-10-18/h3-6,15,17H,2,7-12H2,1H3. The van der Waals surface area contributed by atoms with E-state index in [0.717, 1.165) is 49.7 Å². The maximum Gasteiger partial charge on any atom is 0.123 e. The molecule has 1 aromatic carbocycles. The van der Waals surface area contributed by atoms with Crippen molar-refractivity contribution in [3.05, 3.63) is 35.6 Å². The van der Waals surface area contributed by atoms with Crippen molar-refractivity contribution < 1.29 is 8.60 Å². The lowest BCUT2D eigenvalue weighted by atomic mass is 10.0. The number of hydrogen-bond donors (Lipinski definition) is 1. The Labute approximate surface area is 123 Å². The first-order chi connectivity index (χ1) is 9.69. The van der Waals surface area contributed by atoms with Gasteiger partial charge in [0, 0.05) is 48.0 Å². The van der Waals surface area contributed by atoms with Gasteiger partial charge in [-0.15, -0.1) is 0 Å². The van der Waals surface area contributed by atoms with Crippen LogP contribution >= 0.6 is 0 Å². The number of rotatable bonds is 6. The van der Waals surface area contributed by atoms with Crippen molar-refractivity contribution in [3.8, 4) is 0 Å². The summed E-state index contributed by atoms with van der Waals surface area (Å²) in [7, 11) is -0.616. The van der Waals surface area contributed by atoms with Crippen molar-refractivity contribution in [2.45, 2.75) is 19.4 Å². The Morgan fingerprint density at radius 1 is 1.30 bits per heavy atom. The number of nitrogens with one attached hydrogen (secondary N) is 1. The van der Waals surface area contributed by atoms with E-state index in [1.54, 1.807) is 0 Å². The third-order valence-corrected chi connectivity index (χ3v) is 5.00. The van der Waals surface area contributed by atoms with Crippen LogP contribution in [0, 0.1) is 5.82 Å². The first-order valence-corrected chi connectivity index (χ1v) is 8.74. The number of nitrogens with zero attached hydrogens (tertiary/aromatic N) is 1. The minimum Gasteiger partial charge on any atom is -0.310 e. The molecule has 0 bridgehead atoms. The minimum absolute atomic E-state index is 0.192. The molecule has 20 heavy (non-hydrogen) atoms. The van der Waals surface area contributed by atoms with Crippen molar-refractivity contribution in [3.63, 3.8) is 0 Å². The van der Waals surface area contributed by atoms with E-state index in [1.807, 2.05) is 12.1 Å². The molecular formula is C15H23FN2OS. The van der Waals surface area contributed by atoms with Gasteiger partial charge in [0.2, 0.25) is 0 Å². The summed E-state index contributed by atoms with van der Waals surface area (Å²) in [5, 5.41) is 3.46. The van der Waals surface area contributed by atoms with E-state index in [-0.39, 0.29) is 11.9 Å². The first kappa shape index (κ1) is 15.6. The average Bonchev–Trinajstić information content (AvgIpc) is 2.46. The van der Waals surface area contributed by atoms with Gasteiger partial charge in [-0.2, -0.15) is 0 Å². The van der Waals surface area contributed by atoms with Crippen molar-refractivity contribution in [2.24, 2.45) is 0 Å². The van der Waals surface area contributed by atoms with Gasteiger partial charge in [0.25, 0.3) is 0 Å². The second kappa shape index (κ2) is 7.86. The van der Waals surface area contributed by atoms with Crippen LogP contribution in [0.4, 0.5) is 4.39 Å². The summed E-state index contributed by atoms with van der Waals surface area (Å²) in [6.45, 7) is 5.82. The third-order valence-electron chi connectivity index (χ3n) is 3.73. The molecule has 1 unspecified atom stereocenters. The molecule has 5 heteroatoms. The van der Waals surface area contributed by atoms with Crippen molar-refractivity contribution >= 4 is 10.8 Å². The minimum atomic E-state index is -0.616. The molecule has 1 aliphatic rings. The molecule has 3 nitrogen and oxygen atoms in total. The highest BCUT2D eigenvalue weighted by molar-refractivity contribution is 7.85. The predicted octanol–water partition coefficient (Wildman–Crippen LogP) is 1.93. The van der Waals surface area contributed by atoms with Crippen LogP contribution in [0.5, 0.6) is 0 Å². The summed E-state index contributed by atoms with van der Waals surface area (Å²) in [4.78, 5) is 2.37. The zero-order chi connectivity index (χ0) is 14.4. The Balaban J connectivity index is 1.89. The van der Waals surface area contributed by atoms with Crippen LogP contribution in [0.1, 0.15) is 24.9 Å².